The first-order valence-electron chi connectivity index (χ1n) is 8.82. The van der Waals surface area contributed by atoms with Crippen molar-refractivity contribution in [2.45, 2.75) is 43.8 Å². The summed E-state index contributed by atoms with van der Waals surface area (Å²) in [5.41, 5.74) is 2.43. The predicted molar refractivity (Wildman–Crippen MR) is 105 cm³/mol. The van der Waals surface area contributed by atoms with Gasteiger partial charge in [0.25, 0.3) is 0 Å². The van der Waals surface area contributed by atoms with Gasteiger partial charge in [-0.05, 0) is 57.4 Å². The molecule has 3 nitrogen and oxygen atoms in total. The zero-order valence-electron chi connectivity index (χ0n) is 15.2. The summed E-state index contributed by atoms with van der Waals surface area (Å²) in [7, 11) is 0. The van der Waals surface area contributed by atoms with E-state index in [2.05, 4.69) is 42.6 Å². The van der Waals surface area contributed by atoms with Crippen LogP contribution in [-0.2, 0) is 11.2 Å². The van der Waals surface area contributed by atoms with Gasteiger partial charge in [-0.25, -0.2) is 0 Å². The number of amides is 1. The Balaban J connectivity index is 1.74. The van der Waals surface area contributed by atoms with Crippen molar-refractivity contribution in [2.24, 2.45) is 0 Å². The predicted octanol–water partition coefficient (Wildman–Crippen LogP) is 4.62. The summed E-state index contributed by atoms with van der Waals surface area (Å²) in [4.78, 5) is 13.4. The van der Waals surface area contributed by atoms with Crippen molar-refractivity contribution in [3.8, 4) is 5.75 Å². The van der Waals surface area contributed by atoms with Crippen molar-refractivity contribution in [1.82, 2.24) is 5.32 Å². The molecule has 0 saturated carbocycles. The smallest absolute Gasteiger partial charge is 0.233 e. The van der Waals surface area contributed by atoms with Gasteiger partial charge in [-0.2, -0.15) is 0 Å². The van der Waals surface area contributed by atoms with Gasteiger partial charge in [0, 0.05) is 11.4 Å². The number of ether oxygens (including phenoxy) is 1. The van der Waals surface area contributed by atoms with Crippen molar-refractivity contribution in [3.63, 3.8) is 0 Å². The molecule has 0 aliphatic heterocycles. The minimum atomic E-state index is -0.0987. The highest BCUT2D eigenvalue weighted by Crippen LogP contribution is 2.23. The molecule has 2 aromatic rings. The van der Waals surface area contributed by atoms with Crippen LogP contribution in [0.1, 0.15) is 31.4 Å². The van der Waals surface area contributed by atoms with Gasteiger partial charge < -0.3 is 10.1 Å². The van der Waals surface area contributed by atoms with Crippen molar-refractivity contribution in [2.75, 3.05) is 13.2 Å². The van der Waals surface area contributed by atoms with Crippen LogP contribution in [0.4, 0.5) is 0 Å². The zero-order valence-corrected chi connectivity index (χ0v) is 16.1. The number of carbonyl (C=O) groups is 1. The summed E-state index contributed by atoms with van der Waals surface area (Å²) in [6, 6.07) is 16.4. The number of rotatable bonds is 9. The third-order valence-electron chi connectivity index (χ3n) is 3.90. The molecule has 0 bridgehead atoms. The van der Waals surface area contributed by atoms with E-state index in [0.29, 0.717) is 13.2 Å². The van der Waals surface area contributed by atoms with Crippen LogP contribution >= 0.6 is 11.8 Å². The van der Waals surface area contributed by atoms with Gasteiger partial charge in [0.1, 0.15) is 5.75 Å². The number of para-hydroxylation sites is 1. The Morgan fingerprint density at radius 1 is 1.16 bits per heavy atom. The monoisotopic (exact) mass is 357 g/mol. The molecule has 2 aromatic carbocycles. The van der Waals surface area contributed by atoms with Crippen molar-refractivity contribution in [3.05, 3.63) is 59.7 Å². The largest absolute Gasteiger partial charge is 0.494 e. The Morgan fingerprint density at radius 3 is 2.60 bits per heavy atom. The van der Waals surface area contributed by atoms with Crippen molar-refractivity contribution < 1.29 is 9.53 Å². The average molecular weight is 358 g/mol. The first kappa shape index (κ1) is 19.4. The number of thioether (sulfide) groups is 1. The van der Waals surface area contributed by atoms with E-state index in [1.807, 2.05) is 32.0 Å². The summed E-state index contributed by atoms with van der Waals surface area (Å²) < 4.78 is 5.64. The van der Waals surface area contributed by atoms with Gasteiger partial charge in [-0.1, -0.05) is 35.9 Å². The fourth-order valence-electron chi connectivity index (χ4n) is 2.52. The topological polar surface area (TPSA) is 38.3 Å². The fourth-order valence-corrected chi connectivity index (χ4v) is 3.41. The lowest BCUT2D eigenvalue weighted by atomic mass is 10.1. The summed E-state index contributed by atoms with van der Waals surface area (Å²) in [5, 5.41) is 2.94. The lowest BCUT2D eigenvalue weighted by Crippen LogP contribution is -2.31. The second-order valence-corrected chi connectivity index (χ2v) is 7.42. The first-order valence-corrected chi connectivity index (χ1v) is 9.70. The minimum absolute atomic E-state index is 0.0867. The number of nitrogens with one attached hydrogen (secondary N) is 1. The number of carbonyl (C=O) groups excluding carboxylic acids is 1. The summed E-state index contributed by atoms with van der Waals surface area (Å²) in [6.07, 6.45) is 1.80. The molecule has 0 heterocycles. The number of benzene rings is 2. The van der Waals surface area contributed by atoms with E-state index in [9.17, 15) is 4.79 Å². The molecule has 134 valence electrons. The van der Waals surface area contributed by atoms with E-state index in [1.165, 1.54) is 11.1 Å². The Bertz CT molecular complexity index is 670. The van der Waals surface area contributed by atoms with Crippen LogP contribution in [0, 0.1) is 6.92 Å². The van der Waals surface area contributed by atoms with Gasteiger partial charge >= 0.3 is 0 Å². The molecule has 1 atom stereocenters. The van der Waals surface area contributed by atoms with Gasteiger partial charge in [0.05, 0.1) is 11.9 Å². The molecule has 0 spiro atoms. The van der Waals surface area contributed by atoms with Gasteiger partial charge in [0.2, 0.25) is 5.91 Å². The number of aryl methyl sites for hydroxylation is 2. The number of hydrogen-bond donors (Lipinski definition) is 1. The van der Waals surface area contributed by atoms with Crippen LogP contribution in [0.2, 0.25) is 0 Å². The third kappa shape index (κ3) is 6.46. The molecule has 0 aromatic heterocycles. The van der Waals surface area contributed by atoms with Crippen molar-refractivity contribution >= 4 is 17.7 Å². The quantitative estimate of drug-likeness (QED) is 0.525. The molecule has 2 rings (SSSR count). The molecule has 1 amide bonds. The molecule has 0 saturated heterocycles. The van der Waals surface area contributed by atoms with Crippen LogP contribution < -0.4 is 10.1 Å². The normalized spacial score (nSPS) is 11.8. The van der Waals surface area contributed by atoms with Crippen LogP contribution in [-0.4, -0.2) is 24.3 Å². The van der Waals surface area contributed by atoms with Gasteiger partial charge in [-0.3, -0.25) is 4.79 Å². The highest BCUT2D eigenvalue weighted by Gasteiger charge is 2.13. The molecule has 25 heavy (non-hydrogen) atoms. The average Bonchev–Trinajstić information content (AvgIpc) is 2.62. The molecule has 0 aliphatic rings. The lowest BCUT2D eigenvalue weighted by Gasteiger charge is -2.13. The summed E-state index contributed by atoms with van der Waals surface area (Å²) >= 11 is 1.59. The van der Waals surface area contributed by atoms with Gasteiger partial charge in [0.15, 0.2) is 0 Å². The minimum Gasteiger partial charge on any atom is -0.494 e. The van der Waals surface area contributed by atoms with Crippen molar-refractivity contribution in [1.29, 1.82) is 0 Å². The standard InChI is InChI=1S/C21H27NO2S/c1-4-24-20-10-6-5-8-18(20)9-7-15-22-21(23)17(3)25-19-13-11-16(2)12-14-19/h5-6,8,10-14,17H,4,7,9,15H2,1-3H3,(H,22,23). The molecule has 1 N–H and O–H groups in total. The fraction of sp³-hybridized carbons (Fsp3) is 0.381. The SMILES string of the molecule is CCOc1ccccc1CCCNC(=O)C(C)Sc1ccc(C)cc1. The molecular weight excluding hydrogens is 330 g/mol. The molecule has 0 aliphatic carbocycles. The van der Waals surface area contributed by atoms with Crippen LogP contribution in [0.3, 0.4) is 0 Å². The van der Waals surface area contributed by atoms with E-state index in [4.69, 9.17) is 4.74 Å². The summed E-state index contributed by atoms with van der Waals surface area (Å²) in [6.45, 7) is 7.35. The number of hydrogen-bond acceptors (Lipinski definition) is 3. The summed E-state index contributed by atoms with van der Waals surface area (Å²) in [5.74, 6) is 1.03. The van der Waals surface area contributed by atoms with Gasteiger partial charge in [-0.15, -0.1) is 11.8 Å². The first-order chi connectivity index (χ1) is 12.1. The Hall–Kier alpha value is -1.94. The molecule has 0 radical (unpaired) electrons. The maximum atomic E-state index is 12.2. The van der Waals surface area contributed by atoms with E-state index in [-0.39, 0.29) is 11.2 Å². The van der Waals surface area contributed by atoms with E-state index in [0.717, 1.165) is 23.5 Å². The van der Waals surface area contributed by atoms with E-state index in [1.54, 1.807) is 11.8 Å². The van der Waals surface area contributed by atoms with Crippen LogP contribution in [0.5, 0.6) is 5.75 Å². The Kier molecular flexibility index (Phi) is 7.86. The second kappa shape index (κ2) is 10.1. The van der Waals surface area contributed by atoms with E-state index >= 15 is 0 Å². The van der Waals surface area contributed by atoms with E-state index < -0.39 is 0 Å². The molecule has 4 heteroatoms. The molecule has 1 unspecified atom stereocenters. The molecule has 0 fully saturated rings. The van der Waals surface area contributed by atoms with Crippen LogP contribution in [0.15, 0.2) is 53.4 Å². The highest BCUT2D eigenvalue weighted by molar-refractivity contribution is 8.00. The molecular formula is C21H27NO2S. The third-order valence-corrected chi connectivity index (χ3v) is 5.01. The van der Waals surface area contributed by atoms with Crippen LogP contribution in [0.25, 0.3) is 0 Å². The maximum absolute atomic E-state index is 12.2. The highest BCUT2D eigenvalue weighted by atomic mass is 32.2. The zero-order chi connectivity index (χ0) is 18.1. The second-order valence-electron chi connectivity index (χ2n) is 6.01. The Labute approximate surface area is 155 Å². The Morgan fingerprint density at radius 2 is 1.88 bits per heavy atom. The lowest BCUT2D eigenvalue weighted by molar-refractivity contribution is -0.120. The maximum Gasteiger partial charge on any atom is 0.233 e.